The Morgan fingerprint density at radius 1 is 1.29 bits per heavy atom. The smallest absolute Gasteiger partial charge is 0.313 e. The summed E-state index contributed by atoms with van der Waals surface area (Å²) in [5.74, 6) is -0.666. The van der Waals surface area contributed by atoms with Gasteiger partial charge >= 0.3 is 5.97 Å². The summed E-state index contributed by atoms with van der Waals surface area (Å²) in [7, 11) is 0. The summed E-state index contributed by atoms with van der Waals surface area (Å²) in [5.41, 5.74) is 2.40. The number of rotatable bonds is 3. The average Bonchev–Trinajstić information content (AvgIpc) is 2.61. The van der Waals surface area contributed by atoms with Crippen LogP contribution in [0, 0.1) is 0 Å². The summed E-state index contributed by atoms with van der Waals surface area (Å²) in [4.78, 5) is 13.3. The molecule has 2 nitrogen and oxygen atoms in total. The van der Waals surface area contributed by atoms with Gasteiger partial charge in [-0.15, -0.1) is 11.8 Å². The van der Waals surface area contributed by atoms with Crippen LogP contribution in [0.15, 0.2) is 52.3 Å². The number of aliphatic carboxylic acids is 1. The van der Waals surface area contributed by atoms with E-state index in [-0.39, 0.29) is 11.0 Å². The number of benzene rings is 2. The van der Waals surface area contributed by atoms with E-state index in [2.05, 4.69) is 12.1 Å². The van der Waals surface area contributed by atoms with Gasteiger partial charge in [0.15, 0.2) is 0 Å². The summed E-state index contributed by atoms with van der Waals surface area (Å²) in [6.45, 7) is 0. The van der Waals surface area contributed by atoms with Crippen LogP contribution in [0.4, 0.5) is 0 Å². The van der Waals surface area contributed by atoms with Gasteiger partial charge in [0.25, 0.3) is 0 Å². The molecule has 2 aromatic rings. The Morgan fingerprint density at radius 2 is 2.10 bits per heavy atom. The molecule has 0 radical (unpaired) electrons. The fourth-order valence-electron chi connectivity index (χ4n) is 2.40. The number of thioether (sulfide) groups is 1. The van der Waals surface area contributed by atoms with E-state index in [1.807, 2.05) is 30.3 Å². The first-order chi connectivity index (χ1) is 10.1. The summed E-state index contributed by atoms with van der Waals surface area (Å²) in [5, 5.41) is 9.82. The highest BCUT2D eigenvalue weighted by molar-refractivity contribution is 8.00. The Labute approximate surface area is 136 Å². The molecular weight excluding hydrogens is 324 g/mol. The van der Waals surface area contributed by atoms with Gasteiger partial charge in [-0.3, -0.25) is 4.79 Å². The van der Waals surface area contributed by atoms with Crippen molar-refractivity contribution in [3.05, 3.63) is 58.6 Å². The molecule has 0 saturated heterocycles. The molecule has 1 atom stereocenters. The van der Waals surface area contributed by atoms with E-state index in [1.165, 1.54) is 32.7 Å². The molecule has 5 heteroatoms. The van der Waals surface area contributed by atoms with E-state index in [4.69, 9.17) is 16.7 Å². The fraction of sp³-hybridized carbons (Fsp3) is 0.188. The molecule has 1 N–H and O–H groups in total. The van der Waals surface area contributed by atoms with Gasteiger partial charge in [-0.05, 0) is 41.8 Å². The first-order valence-corrected chi connectivity index (χ1v) is 8.76. The van der Waals surface area contributed by atoms with Crippen LogP contribution in [0.25, 0.3) is 0 Å². The lowest BCUT2D eigenvalue weighted by Gasteiger charge is -2.16. The summed E-state index contributed by atoms with van der Waals surface area (Å²) in [6.07, 6.45) is 0.803. The number of carboxylic acid groups (broad SMARTS) is 1. The van der Waals surface area contributed by atoms with Gasteiger partial charge in [0, 0.05) is 20.1 Å². The minimum absolute atomic E-state index is 0.111. The Morgan fingerprint density at radius 3 is 2.90 bits per heavy atom. The third kappa shape index (κ3) is 3.39. The van der Waals surface area contributed by atoms with Crippen LogP contribution in [0.5, 0.6) is 0 Å². The second-order valence-corrected chi connectivity index (χ2v) is 7.50. The number of halogens is 1. The zero-order valence-electron chi connectivity index (χ0n) is 11.1. The van der Waals surface area contributed by atoms with Crippen LogP contribution in [-0.2, 0) is 11.2 Å². The molecular formula is C16H13ClO2S2. The topological polar surface area (TPSA) is 37.3 Å². The lowest BCUT2D eigenvalue weighted by molar-refractivity contribution is -0.133. The van der Waals surface area contributed by atoms with E-state index < -0.39 is 5.97 Å². The van der Waals surface area contributed by atoms with E-state index in [0.717, 1.165) is 11.4 Å². The number of hydrogen-bond donors (Lipinski definition) is 1. The molecule has 1 aliphatic rings. The van der Waals surface area contributed by atoms with Crippen molar-refractivity contribution in [2.75, 3.05) is 5.75 Å². The quantitative estimate of drug-likeness (QED) is 0.864. The molecule has 0 fully saturated rings. The van der Waals surface area contributed by atoms with Gasteiger partial charge in [0.2, 0.25) is 0 Å². The van der Waals surface area contributed by atoms with Crippen molar-refractivity contribution < 1.29 is 9.90 Å². The maximum Gasteiger partial charge on any atom is 0.313 e. The van der Waals surface area contributed by atoms with E-state index in [0.29, 0.717) is 0 Å². The van der Waals surface area contributed by atoms with Crippen LogP contribution in [0.2, 0.25) is 5.02 Å². The van der Waals surface area contributed by atoms with E-state index >= 15 is 0 Å². The maximum atomic E-state index is 10.9. The second-order valence-electron chi connectivity index (χ2n) is 4.79. The van der Waals surface area contributed by atoms with Gasteiger partial charge < -0.3 is 5.11 Å². The molecule has 0 amide bonds. The van der Waals surface area contributed by atoms with Crippen LogP contribution in [0.3, 0.4) is 0 Å². The lowest BCUT2D eigenvalue weighted by Crippen LogP contribution is -2.05. The van der Waals surface area contributed by atoms with Crippen molar-refractivity contribution in [3.63, 3.8) is 0 Å². The first-order valence-electron chi connectivity index (χ1n) is 6.52. The monoisotopic (exact) mass is 336 g/mol. The number of fused-ring (bicyclic) bond motifs is 2. The zero-order chi connectivity index (χ0) is 14.8. The highest BCUT2D eigenvalue weighted by Gasteiger charge is 2.23. The molecule has 0 aliphatic carbocycles. The Bertz CT molecular complexity index is 688. The van der Waals surface area contributed by atoms with Crippen molar-refractivity contribution in [3.8, 4) is 0 Å². The van der Waals surface area contributed by atoms with Crippen molar-refractivity contribution in [2.45, 2.75) is 21.5 Å². The largest absolute Gasteiger partial charge is 0.481 e. The second kappa shape index (κ2) is 6.34. The predicted octanol–water partition coefficient (Wildman–Crippen LogP) is 4.91. The molecule has 21 heavy (non-hydrogen) atoms. The predicted molar refractivity (Wildman–Crippen MR) is 88.6 cm³/mol. The Balaban J connectivity index is 2.00. The maximum absolute atomic E-state index is 10.9. The molecule has 1 heterocycles. The lowest BCUT2D eigenvalue weighted by atomic mass is 10.0. The molecule has 0 aromatic heterocycles. The number of carboxylic acids is 1. The Hall–Kier alpha value is -1.10. The minimum Gasteiger partial charge on any atom is -0.481 e. The zero-order valence-corrected chi connectivity index (χ0v) is 13.5. The normalized spacial score (nSPS) is 16.7. The van der Waals surface area contributed by atoms with Crippen LogP contribution >= 0.6 is 35.1 Å². The van der Waals surface area contributed by atoms with Gasteiger partial charge in [0.1, 0.15) is 0 Å². The summed E-state index contributed by atoms with van der Waals surface area (Å²) in [6, 6.07) is 14.2. The average molecular weight is 337 g/mol. The van der Waals surface area contributed by atoms with Crippen molar-refractivity contribution in [2.24, 2.45) is 0 Å². The van der Waals surface area contributed by atoms with Crippen LogP contribution in [-0.4, -0.2) is 16.8 Å². The molecule has 1 aliphatic heterocycles. The number of carbonyl (C=O) groups is 1. The van der Waals surface area contributed by atoms with Crippen molar-refractivity contribution >= 4 is 41.1 Å². The van der Waals surface area contributed by atoms with Crippen LogP contribution in [0.1, 0.15) is 16.4 Å². The van der Waals surface area contributed by atoms with Gasteiger partial charge in [0.05, 0.1) is 5.75 Å². The highest BCUT2D eigenvalue weighted by atomic mass is 35.5. The van der Waals surface area contributed by atoms with E-state index in [9.17, 15) is 4.79 Å². The molecule has 0 spiro atoms. The molecule has 3 rings (SSSR count). The molecule has 0 bridgehead atoms. The SMILES string of the molecule is O=C(O)CS[C@@H]1Cc2cc(Cl)ccc2Sc2ccccc21. The third-order valence-corrected chi connectivity index (χ3v) is 6.00. The van der Waals surface area contributed by atoms with Crippen molar-refractivity contribution in [1.29, 1.82) is 0 Å². The van der Waals surface area contributed by atoms with E-state index in [1.54, 1.807) is 11.8 Å². The third-order valence-electron chi connectivity index (χ3n) is 3.32. The van der Waals surface area contributed by atoms with Gasteiger partial charge in [-0.1, -0.05) is 41.6 Å². The Kier molecular flexibility index (Phi) is 4.48. The first kappa shape index (κ1) is 14.8. The summed E-state index contributed by atoms with van der Waals surface area (Å²) < 4.78 is 0. The molecule has 0 unspecified atom stereocenters. The standard InChI is InChI=1S/C16H13ClO2S2/c17-11-5-6-13-10(7-11)8-15(20-9-16(18)19)12-3-1-2-4-14(12)21-13/h1-7,15H,8-9H2,(H,18,19)/t15-/m1/s1. The molecule has 108 valence electrons. The van der Waals surface area contributed by atoms with Gasteiger partial charge in [-0.2, -0.15) is 0 Å². The number of hydrogen-bond acceptors (Lipinski definition) is 3. The fourth-order valence-corrected chi connectivity index (χ4v) is 4.81. The van der Waals surface area contributed by atoms with Crippen LogP contribution < -0.4 is 0 Å². The summed E-state index contributed by atoms with van der Waals surface area (Å²) >= 11 is 9.31. The van der Waals surface area contributed by atoms with Gasteiger partial charge in [-0.25, -0.2) is 0 Å². The minimum atomic E-state index is -0.777. The van der Waals surface area contributed by atoms with Crippen molar-refractivity contribution in [1.82, 2.24) is 0 Å². The molecule has 2 aromatic carbocycles. The molecule has 0 saturated carbocycles. The highest BCUT2D eigenvalue weighted by Crippen LogP contribution is 2.45.